The van der Waals surface area contributed by atoms with Crippen LogP contribution in [0.1, 0.15) is 32.6 Å². The summed E-state index contributed by atoms with van der Waals surface area (Å²) in [6, 6.07) is 0. The van der Waals surface area contributed by atoms with E-state index in [4.69, 9.17) is 0 Å². The number of carbonyl (C=O) groups excluding carboxylic acids is 1. The van der Waals surface area contributed by atoms with Crippen molar-refractivity contribution in [1.29, 1.82) is 0 Å². The smallest absolute Gasteiger partial charge is 0.167 e. The lowest BCUT2D eigenvalue weighted by atomic mass is 9.61. The Morgan fingerprint density at radius 3 is 3.08 bits per heavy atom. The van der Waals surface area contributed by atoms with Crippen LogP contribution in [0.15, 0.2) is 12.2 Å². The summed E-state index contributed by atoms with van der Waals surface area (Å²) in [5, 5.41) is 9.51. The van der Waals surface area contributed by atoms with Gasteiger partial charge in [0.2, 0.25) is 0 Å². The number of aliphatic hydroxyl groups excluding tert-OH is 1. The maximum absolute atomic E-state index is 11.8. The van der Waals surface area contributed by atoms with Crippen LogP contribution in [0.2, 0.25) is 0 Å². The minimum Gasteiger partial charge on any atom is -0.385 e. The van der Waals surface area contributed by atoms with Crippen LogP contribution in [0, 0.1) is 11.3 Å². The zero-order chi connectivity index (χ0) is 9.47. The predicted octanol–water partition coefficient (Wildman–Crippen LogP) is 1.68. The zero-order valence-electron chi connectivity index (χ0n) is 7.99. The number of allylic oxidation sites excluding steroid dienone is 2. The normalized spacial score (nSPS) is 44.6. The van der Waals surface area contributed by atoms with Crippen molar-refractivity contribution in [2.45, 2.75) is 38.7 Å². The number of hydrogen-bond donors (Lipinski definition) is 1. The summed E-state index contributed by atoms with van der Waals surface area (Å²) in [6.07, 6.45) is 7.11. The van der Waals surface area contributed by atoms with Crippen molar-refractivity contribution in [3.8, 4) is 0 Å². The van der Waals surface area contributed by atoms with E-state index in [1.807, 2.05) is 6.92 Å². The topological polar surface area (TPSA) is 37.3 Å². The van der Waals surface area contributed by atoms with Gasteiger partial charge in [0, 0.05) is 5.41 Å². The van der Waals surface area contributed by atoms with E-state index < -0.39 is 6.10 Å². The van der Waals surface area contributed by atoms with Crippen molar-refractivity contribution >= 4 is 5.78 Å². The minimum absolute atomic E-state index is 0.0631. The van der Waals surface area contributed by atoms with Gasteiger partial charge in [-0.25, -0.2) is 0 Å². The second-order valence-electron chi connectivity index (χ2n) is 4.45. The van der Waals surface area contributed by atoms with Gasteiger partial charge >= 0.3 is 0 Å². The first-order chi connectivity index (χ1) is 6.14. The molecule has 1 N–H and O–H groups in total. The molecule has 72 valence electrons. The van der Waals surface area contributed by atoms with Crippen LogP contribution in [-0.4, -0.2) is 17.0 Å². The number of rotatable bonds is 0. The molecular weight excluding hydrogens is 164 g/mol. The third-order valence-corrected chi connectivity index (χ3v) is 3.63. The van der Waals surface area contributed by atoms with Gasteiger partial charge in [-0.1, -0.05) is 19.1 Å². The largest absolute Gasteiger partial charge is 0.385 e. The van der Waals surface area contributed by atoms with Crippen molar-refractivity contribution < 1.29 is 9.90 Å². The summed E-state index contributed by atoms with van der Waals surface area (Å²) in [5.74, 6) is 0.435. The molecule has 0 heterocycles. The highest BCUT2D eigenvalue weighted by atomic mass is 16.3. The monoisotopic (exact) mass is 180 g/mol. The van der Waals surface area contributed by atoms with Gasteiger partial charge in [0.05, 0.1) is 0 Å². The van der Waals surface area contributed by atoms with Gasteiger partial charge in [0.15, 0.2) is 5.78 Å². The Morgan fingerprint density at radius 2 is 2.31 bits per heavy atom. The average molecular weight is 180 g/mol. The maximum Gasteiger partial charge on any atom is 0.167 e. The first-order valence-electron chi connectivity index (χ1n) is 5.03. The van der Waals surface area contributed by atoms with E-state index in [1.165, 1.54) is 0 Å². The molecule has 2 rings (SSSR count). The third kappa shape index (κ3) is 1.24. The van der Waals surface area contributed by atoms with E-state index >= 15 is 0 Å². The van der Waals surface area contributed by atoms with E-state index in [2.05, 4.69) is 12.2 Å². The van der Waals surface area contributed by atoms with E-state index in [1.54, 1.807) is 0 Å². The Labute approximate surface area is 78.6 Å². The highest BCUT2D eigenvalue weighted by molar-refractivity contribution is 5.89. The fourth-order valence-electron chi connectivity index (χ4n) is 2.61. The Hall–Kier alpha value is -0.630. The molecule has 0 aliphatic heterocycles. The van der Waals surface area contributed by atoms with Gasteiger partial charge < -0.3 is 5.11 Å². The molecule has 0 aromatic rings. The summed E-state index contributed by atoms with van der Waals surface area (Å²) in [5.41, 5.74) is -0.271. The van der Waals surface area contributed by atoms with Crippen molar-refractivity contribution in [3.63, 3.8) is 0 Å². The molecule has 0 bridgehead atoms. The summed E-state index contributed by atoms with van der Waals surface area (Å²) >= 11 is 0. The summed E-state index contributed by atoms with van der Waals surface area (Å²) in [7, 11) is 0. The molecular formula is C11H16O2. The fraction of sp³-hybridized carbons (Fsp3) is 0.727. The van der Waals surface area contributed by atoms with Crippen molar-refractivity contribution in [3.05, 3.63) is 12.2 Å². The molecule has 2 heteroatoms. The second kappa shape index (κ2) is 2.95. The van der Waals surface area contributed by atoms with E-state index in [9.17, 15) is 9.90 Å². The highest BCUT2D eigenvalue weighted by Gasteiger charge is 2.46. The van der Waals surface area contributed by atoms with E-state index in [0.717, 1.165) is 19.3 Å². The van der Waals surface area contributed by atoms with Crippen LogP contribution in [0.3, 0.4) is 0 Å². The van der Waals surface area contributed by atoms with Crippen molar-refractivity contribution in [2.24, 2.45) is 11.3 Å². The molecule has 1 fully saturated rings. The average Bonchev–Trinajstić information content (AvgIpc) is 2.13. The van der Waals surface area contributed by atoms with Gasteiger partial charge in [-0.05, 0) is 31.6 Å². The Balaban J connectivity index is 2.30. The summed E-state index contributed by atoms with van der Waals surface area (Å²) < 4.78 is 0. The van der Waals surface area contributed by atoms with Gasteiger partial charge in [-0.2, -0.15) is 0 Å². The molecule has 13 heavy (non-hydrogen) atoms. The summed E-state index contributed by atoms with van der Waals surface area (Å²) in [4.78, 5) is 11.8. The molecule has 2 aliphatic carbocycles. The zero-order valence-corrected chi connectivity index (χ0v) is 7.99. The molecule has 0 aromatic heterocycles. The molecule has 0 spiro atoms. The SMILES string of the molecule is C[C@@]12CCC=C[C@@H]1CC[C@H](O)C2=O. The van der Waals surface area contributed by atoms with Crippen LogP contribution in [-0.2, 0) is 4.79 Å². The second-order valence-corrected chi connectivity index (χ2v) is 4.45. The van der Waals surface area contributed by atoms with Gasteiger partial charge in [-0.15, -0.1) is 0 Å². The first kappa shape index (κ1) is 8.95. The van der Waals surface area contributed by atoms with Crippen LogP contribution in [0.4, 0.5) is 0 Å². The van der Waals surface area contributed by atoms with Crippen LogP contribution < -0.4 is 0 Å². The van der Waals surface area contributed by atoms with Crippen LogP contribution in [0.5, 0.6) is 0 Å². The Morgan fingerprint density at radius 1 is 1.54 bits per heavy atom. The number of carbonyl (C=O) groups is 1. The van der Waals surface area contributed by atoms with Crippen molar-refractivity contribution in [2.75, 3.05) is 0 Å². The lowest BCUT2D eigenvalue weighted by Gasteiger charge is -2.42. The number of hydrogen-bond acceptors (Lipinski definition) is 2. The van der Waals surface area contributed by atoms with E-state index in [0.29, 0.717) is 12.3 Å². The number of Topliss-reactive ketones (excluding diaryl/α,β-unsaturated/α-hetero) is 1. The van der Waals surface area contributed by atoms with Crippen LogP contribution in [0.25, 0.3) is 0 Å². The number of ketones is 1. The molecule has 3 atom stereocenters. The van der Waals surface area contributed by atoms with E-state index in [-0.39, 0.29) is 11.2 Å². The molecule has 0 saturated heterocycles. The lowest BCUT2D eigenvalue weighted by Crippen LogP contribution is -2.47. The Kier molecular flexibility index (Phi) is 2.03. The maximum atomic E-state index is 11.8. The third-order valence-electron chi connectivity index (χ3n) is 3.63. The summed E-state index contributed by atoms with van der Waals surface area (Å²) in [6.45, 7) is 2.01. The standard InChI is InChI=1S/C11H16O2/c1-11-7-3-2-4-8(11)5-6-9(12)10(11)13/h2,4,8-9,12H,3,5-7H2,1H3/t8-,9+,11-/m1/s1. The van der Waals surface area contributed by atoms with Gasteiger partial charge in [0.1, 0.15) is 6.10 Å². The Bertz CT molecular complexity index is 257. The first-order valence-corrected chi connectivity index (χ1v) is 5.03. The predicted molar refractivity (Wildman–Crippen MR) is 50.2 cm³/mol. The molecule has 2 nitrogen and oxygen atoms in total. The number of fused-ring (bicyclic) bond motifs is 1. The highest BCUT2D eigenvalue weighted by Crippen LogP contribution is 2.45. The number of aliphatic hydroxyl groups is 1. The molecule has 0 unspecified atom stereocenters. The lowest BCUT2D eigenvalue weighted by molar-refractivity contribution is -0.144. The van der Waals surface area contributed by atoms with Gasteiger partial charge in [-0.3, -0.25) is 4.79 Å². The van der Waals surface area contributed by atoms with Gasteiger partial charge in [0.25, 0.3) is 0 Å². The molecule has 1 saturated carbocycles. The fourth-order valence-corrected chi connectivity index (χ4v) is 2.61. The minimum atomic E-state index is -0.701. The molecule has 2 aliphatic rings. The molecule has 0 radical (unpaired) electrons. The molecule has 0 aromatic carbocycles. The molecule has 0 amide bonds. The van der Waals surface area contributed by atoms with Crippen molar-refractivity contribution in [1.82, 2.24) is 0 Å². The quantitative estimate of drug-likeness (QED) is 0.576. The van der Waals surface area contributed by atoms with Crippen LogP contribution >= 0.6 is 0 Å².